The molecule has 2 aliphatic rings. The molecule has 0 aliphatic carbocycles. The second-order valence-electron chi connectivity index (χ2n) is 8.32. The Morgan fingerprint density at radius 3 is 2.73 bits per heavy atom. The largest absolute Gasteiger partial charge is 0.492 e. The highest BCUT2D eigenvalue weighted by atomic mass is 32.2. The Morgan fingerprint density at radius 2 is 1.97 bits per heavy atom. The van der Waals surface area contributed by atoms with Crippen LogP contribution in [0.5, 0.6) is 5.75 Å². The van der Waals surface area contributed by atoms with Crippen molar-refractivity contribution in [2.45, 2.75) is 39.2 Å². The van der Waals surface area contributed by atoms with Crippen LogP contribution < -0.4 is 10.1 Å². The van der Waals surface area contributed by atoms with Gasteiger partial charge < -0.3 is 10.1 Å². The van der Waals surface area contributed by atoms with Gasteiger partial charge in [0.25, 0.3) is 6.43 Å². The molecule has 1 atom stereocenters. The lowest BCUT2D eigenvalue weighted by Gasteiger charge is -2.21. The van der Waals surface area contributed by atoms with Gasteiger partial charge in [-0.3, -0.25) is 0 Å². The maximum absolute atomic E-state index is 14.8. The van der Waals surface area contributed by atoms with E-state index >= 15 is 0 Å². The van der Waals surface area contributed by atoms with Crippen molar-refractivity contribution in [1.29, 1.82) is 0 Å². The molecule has 1 N–H and O–H groups in total. The topological polar surface area (TPSA) is 47.0 Å². The Labute approximate surface area is 194 Å². The van der Waals surface area contributed by atoms with Gasteiger partial charge in [-0.15, -0.1) is 0 Å². The molecule has 0 bridgehead atoms. The molecule has 33 heavy (non-hydrogen) atoms. The molecular formula is C25H24F3N3OS. The van der Waals surface area contributed by atoms with Crippen molar-refractivity contribution in [1.82, 2.24) is 9.97 Å². The van der Waals surface area contributed by atoms with Crippen LogP contribution in [0.3, 0.4) is 0 Å². The third-order valence-corrected chi connectivity index (χ3v) is 7.07. The lowest BCUT2D eigenvalue weighted by molar-refractivity contribution is 0.146. The molecule has 0 fully saturated rings. The summed E-state index contributed by atoms with van der Waals surface area (Å²) in [5.74, 6) is 3.18. The van der Waals surface area contributed by atoms with Crippen LogP contribution in [0.2, 0.25) is 0 Å². The van der Waals surface area contributed by atoms with E-state index in [-0.39, 0.29) is 5.56 Å². The number of thioether (sulfide) groups is 1. The summed E-state index contributed by atoms with van der Waals surface area (Å²) >= 11 is 1.90. The SMILES string of the molecule is Cc1nc(NC(C)c2cccc(C(F)F)c2F)c2cc(C3=CCSCC3)c3c(c2n1)CCO3. The number of hydrogen-bond donors (Lipinski definition) is 1. The molecular weight excluding hydrogens is 447 g/mol. The average molecular weight is 472 g/mol. The fourth-order valence-corrected chi connectivity index (χ4v) is 5.40. The molecule has 5 rings (SSSR count). The number of aromatic nitrogens is 2. The van der Waals surface area contributed by atoms with Crippen LogP contribution in [0.15, 0.2) is 30.3 Å². The van der Waals surface area contributed by atoms with Crippen LogP contribution >= 0.6 is 11.8 Å². The minimum Gasteiger partial charge on any atom is -0.492 e. The number of rotatable bonds is 5. The zero-order valence-corrected chi connectivity index (χ0v) is 19.2. The zero-order chi connectivity index (χ0) is 23.1. The second-order valence-corrected chi connectivity index (χ2v) is 9.47. The predicted molar refractivity (Wildman–Crippen MR) is 127 cm³/mol. The second kappa shape index (κ2) is 8.89. The number of aryl methyl sites for hydroxylation is 1. The van der Waals surface area contributed by atoms with E-state index in [4.69, 9.17) is 9.72 Å². The maximum atomic E-state index is 14.8. The van der Waals surface area contributed by atoms with Crippen LogP contribution in [-0.4, -0.2) is 28.1 Å². The van der Waals surface area contributed by atoms with E-state index < -0.39 is 23.8 Å². The summed E-state index contributed by atoms with van der Waals surface area (Å²) in [4.78, 5) is 9.31. The number of halogens is 3. The third kappa shape index (κ3) is 4.05. The minimum absolute atomic E-state index is 0.175. The summed E-state index contributed by atoms with van der Waals surface area (Å²) in [6.45, 7) is 4.16. The fourth-order valence-electron chi connectivity index (χ4n) is 4.55. The standard InChI is InChI=1S/C25H24F3N3OS/c1-13(16-4-3-5-17(21(16)26)24(27)28)29-25-20-12-19(15-7-10-33-11-8-15)23-18(6-9-32-23)22(20)30-14(2)31-25/h3-5,7,12-13,24H,6,8-11H2,1-2H3,(H,29,30,31). The van der Waals surface area contributed by atoms with E-state index in [0.717, 1.165) is 58.2 Å². The van der Waals surface area contributed by atoms with Crippen molar-refractivity contribution >= 4 is 34.1 Å². The van der Waals surface area contributed by atoms with Crippen LogP contribution in [0, 0.1) is 12.7 Å². The quantitative estimate of drug-likeness (QED) is 0.452. The normalized spacial score (nSPS) is 16.5. The van der Waals surface area contributed by atoms with Crippen molar-refractivity contribution in [3.8, 4) is 5.75 Å². The summed E-state index contributed by atoms with van der Waals surface area (Å²) < 4.78 is 47.2. The van der Waals surface area contributed by atoms with E-state index in [0.29, 0.717) is 18.2 Å². The molecule has 0 radical (unpaired) electrons. The molecule has 3 aromatic rings. The Bertz CT molecular complexity index is 1260. The molecule has 0 amide bonds. The first kappa shape index (κ1) is 22.1. The number of ether oxygens (including phenoxy) is 1. The molecule has 1 unspecified atom stereocenters. The fraction of sp³-hybridized carbons (Fsp3) is 0.360. The molecule has 1 aromatic heterocycles. The lowest BCUT2D eigenvalue weighted by Crippen LogP contribution is -2.12. The summed E-state index contributed by atoms with van der Waals surface area (Å²) in [5.41, 5.74) is 3.78. The summed E-state index contributed by atoms with van der Waals surface area (Å²) in [6, 6.07) is 5.58. The number of nitrogens with one attached hydrogen (secondary N) is 1. The van der Waals surface area contributed by atoms with E-state index in [9.17, 15) is 13.2 Å². The van der Waals surface area contributed by atoms with Gasteiger partial charge in [-0.05, 0) is 37.7 Å². The summed E-state index contributed by atoms with van der Waals surface area (Å²) in [7, 11) is 0. The molecule has 0 spiro atoms. The van der Waals surface area contributed by atoms with Gasteiger partial charge in [0.1, 0.15) is 23.2 Å². The first-order chi connectivity index (χ1) is 15.9. The number of anilines is 1. The Balaban J connectivity index is 1.62. The third-order valence-electron chi connectivity index (χ3n) is 6.17. The number of benzene rings is 2. The number of fused-ring (bicyclic) bond motifs is 3. The van der Waals surface area contributed by atoms with Crippen LogP contribution in [0.25, 0.3) is 16.5 Å². The van der Waals surface area contributed by atoms with Gasteiger partial charge in [0.05, 0.1) is 23.7 Å². The number of nitrogens with zero attached hydrogens (tertiary/aromatic N) is 2. The van der Waals surface area contributed by atoms with E-state index in [1.54, 1.807) is 6.92 Å². The molecule has 8 heteroatoms. The average Bonchev–Trinajstić information content (AvgIpc) is 3.29. The van der Waals surface area contributed by atoms with Crippen molar-refractivity contribution in [2.75, 3.05) is 23.4 Å². The lowest BCUT2D eigenvalue weighted by atomic mass is 9.95. The highest BCUT2D eigenvalue weighted by Crippen LogP contribution is 2.43. The molecule has 2 aliphatic heterocycles. The van der Waals surface area contributed by atoms with Gasteiger partial charge >= 0.3 is 0 Å². The van der Waals surface area contributed by atoms with Gasteiger partial charge in [-0.25, -0.2) is 23.1 Å². The molecule has 4 nitrogen and oxygen atoms in total. The molecule has 3 heterocycles. The van der Waals surface area contributed by atoms with Crippen molar-refractivity contribution in [2.24, 2.45) is 0 Å². The van der Waals surface area contributed by atoms with E-state index in [2.05, 4.69) is 22.4 Å². The van der Waals surface area contributed by atoms with Crippen LogP contribution in [0.4, 0.5) is 19.0 Å². The van der Waals surface area contributed by atoms with Gasteiger partial charge in [-0.1, -0.05) is 24.3 Å². The predicted octanol–water partition coefficient (Wildman–Crippen LogP) is 6.64. The van der Waals surface area contributed by atoms with Gasteiger partial charge in [-0.2, -0.15) is 11.8 Å². The van der Waals surface area contributed by atoms with Crippen LogP contribution in [-0.2, 0) is 6.42 Å². The highest BCUT2D eigenvalue weighted by molar-refractivity contribution is 7.99. The molecule has 0 saturated heterocycles. The van der Waals surface area contributed by atoms with E-state index in [1.165, 1.54) is 17.7 Å². The molecule has 2 aromatic carbocycles. The smallest absolute Gasteiger partial charge is 0.266 e. The minimum atomic E-state index is -2.87. The first-order valence-electron chi connectivity index (χ1n) is 11.0. The molecule has 172 valence electrons. The monoisotopic (exact) mass is 471 g/mol. The summed E-state index contributed by atoms with van der Waals surface area (Å²) in [5, 5.41) is 4.10. The Kier molecular flexibility index (Phi) is 5.95. The number of allylic oxidation sites excluding steroid dienone is 1. The Morgan fingerprint density at radius 1 is 1.15 bits per heavy atom. The summed E-state index contributed by atoms with van der Waals surface area (Å²) in [6.07, 6.45) is 1.10. The van der Waals surface area contributed by atoms with Crippen molar-refractivity contribution < 1.29 is 17.9 Å². The van der Waals surface area contributed by atoms with E-state index in [1.807, 2.05) is 18.7 Å². The van der Waals surface area contributed by atoms with Crippen LogP contribution in [0.1, 0.15) is 53.9 Å². The van der Waals surface area contributed by atoms with Gasteiger partial charge in [0, 0.05) is 34.3 Å². The maximum Gasteiger partial charge on any atom is 0.266 e. The number of alkyl halides is 2. The van der Waals surface area contributed by atoms with Crippen molar-refractivity contribution in [3.63, 3.8) is 0 Å². The number of hydrogen-bond acceptors (Lipinski definition) is 5. The first-order valence-corrected chi connectivity index (χ1v) is 12.2. The zero-order valence-electron chi connectivity index (χ0n) is 18.4. The van der Waals surface area contributed by atoms with Gasteiger partial charge in [0.15, 0.2) is 0 Å². The van der Waals surface area contributed by atoms with Gasteiger partial charge in [0.2, 0.25) is 0 Å². The van der Waals surface area contributed by atoms with Crippen molar-refractivity contribution in [3.05, 3.63) is 64.2 Å². The molecule has 0 saturated carbocycles. The highest BCUT2D eigenvalue weighted by Gasteiger charge is 2.26. The Hall–Kier alpha value is -2.74.